The molecule has 9 heteroatoms. The Hall–Kier alpha value is -4.56. The molecule has 0 bridgehead atoms. The van der Waals surface area contributed by atoms with Crippen molar-refractivity contribution in [3.8, 4) is 5.75 Å². The number of aromatic carboxylic acids is 1. The summed E-state index contributed by atoms with van der Waals surface area (Å²) in [5.41, 5.74) is 5.04. The number of aromatic nitrogens is 2. The summed E-state index contributed by atoms with van der Waals surface area (Å²) >= 11 is 6.25. The molecule has 3 aromatic carbocycles. The first kappa shape index (κ1) is 27.6. The Morgan fingerprint density at radius 3 is 2.64 bits per heavy atom. The maximum absolute atomic E-state index is 12.6. The average molecular weight is 584 g/mol. The predicted molar refractivity (Wildman–Crippen MR) is 163 cm³/mol. The fourth-order valence-corrected chi connectivity index (χ4v) is 5.95. The van der Waals surface area contributed by atoms with Crippen molar-refractivity contribution in [3.05, 3.63) is 100 Å². The van der Waals surface area contributed by atoms with Crippen LogP contribution in [0, 0.1) is 0 Å². The number of carboxylic acid groups (broad SMARTS) is 1. The molecule has 8 nitrogen and oxygen atoms in total. The van der Waals surface area contributed by atoms with Crippen LogP contribution in [0.3, 0.4) is 0 Å². The van der Waals surface area contributed by atoms with E-state index in [1.807, 2.05) is 54.7 Å². The second-order valence-electron chi connectivity index (χ2n) is 10.6. The van der Waals surface area contributed by atoms with E-state index in [4.69, 9.17) is 26.1 Å². The molecule has 1 fully saturated rings. The van der Waals surface area contributed by atoms with Crippen LogP contribution in [-0.4, -0.2) is 40.4 Å². The highest BCUT2D eigenvalue weighted by Crippen LogP contribution is 2.39. The summed E-state index contributed by atoms with van der Waals surface area (Å²) < 4.78 is 11.3. The van der Waals surface area contributed by atoms with Crippen LogP contribution >= 0.6 is 11.6 Å². The molecule has 2 heterocycles. The number of rotatable bonds is 8. The lowest BCUT2D eigenvalue weighted by Gasteiger charge is -2.21. The van der Waals surface area contributed by atoms with E-state index in [1.54, 1.807) is 18.2 Å². The third kappa shape index (κ3) is 5.76. The number of ether oxygens (including phenoxy) is 2. The van der Waals surface area contributed by atoms with E-state index in [-0.39, 0.29) is 17.6 Å². The van der Waals surface area contributed by atoms with E-state index in [0.29, 0.717) is 22.9 Å². The van der Waals surface area contributed by atoms with Gasteiger partial charge in [-0.3, -0.25) is 10.3 Å². The summed E-state index contributed by atoms with van der Waals surface area (Å²) in [5.74, 6) is -0.828. The summed E-state index contributed by atoms with van der Waals surface area (Å²) in [6.07, 6.45) is 5.90. The van der Waals surface area contributed by atoms with Gasteiger partial charge in [-0.25, -0.2) is 9.59 Å². The van der Waals surface area contributed by atoms with E-state index < -0.39 is 12.1 Å². The normalized spacial score (nSPS) is 14.2. The summed E-state index contributed by atoms with van der Waals surface area (Å²) in [7, 11) is 1.53. The van der Waals surface area contributed by atoms with Crippen molar-refractivity contribution in [3.63, 3.8) is 0 Å². The third-order valence-electron chi connectivity index (χ3n) is 7.89. The number of amides is 1. The fraction of sp³-hybridized carbons (Fsp3) is 0.242. The SMILES string of the molecule is COc1cc(C(=O)O)ccc1C(Cc1ccc2ccc(Cl)cc2n1)c1c[nH]c2ccc(NC(=O)OC3CCCC3)cc12. The Balaban J connectivity index is 1.41. The number of benzene rings is 3. The van der Waals surface area contributed by atoms with Gasteiger partial charge in [0, 0.05) is 56.8 Å². The molecule has 6 rings (SSSR count). The Labute approximate surface area is 247 Å². The van der Waals surface area contributed by atoms with Crippen molar-refractivity contribution in [2.45, 2.75) is 44.1 Å². The average Bonchev–Trinajstić information content (AvgIpc) is 3.65. The molecular formula is C33H30ClN3O5. The maximum atomic E-state index is 12.6. The molecule has 42 heavy (non-hydrogen) atoms. The number of halogens is 1. The number of H-pyrrole nitrogens is 1. The number of nitrogens with zero attached hydrogens (tertiary/aromatic N) is 1. The van der Waals surface area contributed by atoms with Crippen LogP contribution in [0.1, 0.15) is 58.8 Å². The van der Waals surface area contributed by atoms with Crippen LogP contribution in [0.25, 0.3) is 21.8 Å². The molecule has 0 aliphatic heterocycles. The number of fused-ring (bicyclic) bond motifs is 2. The number of anilines is 1. The fourth-order valence-electron chi connectivity index (χ4n) is 5.79. The predicted octanol–water partition coefficient (Wildman–Crippen LogP) is 7.94. The Morgan fingerprint density at radius 2 is 1.86 bits per heavy atom. The quantitative estimate of drug-likeness (QED) is 0.171. The summed E-state index contributed by atoms with van der Waals surface area (Å²) in [4.78, 5) is 32.6. The van der Waals surface area contributed by atoms with Crippen LogP contribution in [0.15, 0.2) is 72.9 Å². The first-order valence-corrected chi connectivity index (χ1v) is 14.3. The molecule has 0 saturated heterocycles. The molecule has 0 spiro atoms. The molecule has 3 N–H and O–H groups in total. The van der Waals surface area contributed by atoms with Crippen molar-refractivity contribution >= 4 is 51.2 Å². The van der Waals surface area contributed by atoms with Gasteiger partial charge in [0.05, 0.1) is 18.2 Å². The number of aromatic amines is 1. The van der Waals surface area contributed by atoms with E-state index in [0.717, 1.165) is 64.3 Å². The lowest BCUT2D eigenvalue weighted by atomic mass is 9.85. The van der Waals surface area contributed by atoms with E-state index >= 15 is 0 Å². The summed E-state index contributed by atoms with van der Waals surface area (Å²) in [6.45, 7) is 0. The van der Waals surface area contributed by atoms with Crippen molar-refractivity contribution in [1.82, 2.24) is 9.97 Å². The van der Waals surface area contributed by atoms with Crippen LogP contribution in [0.4, 0.5) is 10.5 Å². The van der Waals surface area contributed by atoms with Crippen LogP contribution < -0.4 is 10.1 Å². The zero-order chi connectivity index (χ0) is 29.2. The molecule has 1 saturated carbocycles. The number of carbonyl (C=O) groups is 2. The minimum Gasteiger partial charge on any atom is -0.496 e. The minimum atomic E-state index is -1.03. The number of carbonyl (C=O) groups excluding carboxylic acids is 1. The number of hydrogen-bond acceptors (Lipinski definition) is 5. The molecule has 1 aliphatic rings. The van der Waals surface area contributed by atoms with Gasteiger partial charge in [-0.2, -0.15) is 0 Å². The molecule has 1 atom stereocenters. The van der Waals surface area contributed by atoms with Gasteiger partial charge < -0.3 is 19.6 Å². The number of hydrogen-bond donors (Lipinski definition) is 3. The van der Waals surface area contributed by atoms with Gasteiger partial charge in [0.1, 0.15) is 11.9 Å². The maximum Gasteiger partial charge on any atom is 0.411 e. The highest BCUT2D eigenvalue weighted by molar-refractivity contribution is 6.31. The highest BCUT2D eigenvalue weighted by atomic mass is 35.5. The van der Waals surface area contributed by atoms with E-state index in [1.165, 1.54) is 7.11 Å². The van der Waals surface area contributed by atoms with Gasteiger partial charge in [0.25, 0.3) is 0 Å². The third-order valence-corrected chi connectivity index (χ3v) is 8.13. The number of carboxylic acids is 1. The molecule has 2 aromatic heterocycles. The Bertz CT molecular complexity index is 1790. The zero-order valence-electron chi connectivity index (χ0n) is 23.0. The molecular weight excluding hydrogens is 554 g/mol. The molecule has 5 aromatic rings. The first-order valence-electron chi connectivity index (χ1n) is 13.9. The largest absolute Gasteiger partial charge is 0.496 e. The topological polar surface area (TPSA) is 114 Å². The standard InChI is InChI=1S/C33H30ClN3O5/c1-41-31-14-20(32(38)39)8-12-25(31)26(16-22-10-7-19-6-9-21(34)15-30(19)36-22)28-18-35-29-13-11-23(17-27(28)29)37-33(40)42-24-4-2-3-5-24/h6-15,17-18,24,26,35H,2-5,16H2,1H3,(H,37,40)(H,38,39). The highest BCUT2D eigenvalue weighted by Gasteiger charge is 2.25. The minimum absolute atomic E-state index is 0.0356. The van der Waals surface area contributed by atoms with Crippen molar-refractivity contribution in [2.75, 3.05) is 12.4 Å². The molecule has 214 valence electrons. The van der Waals surface area contributed by atoms with Crippen molar-refractivity contribution in [2.24, 2.45) is 0 Å². The van der Waals surface area contributed by atoms with Gasteiger partial charge >= 0.3 is 12.1 Å². The first-order chi connectivity index (χ1) is 20.4. The lowest BCUT2D eigenvalue weighted by molar-refractivity contribution is 0.0696. The van der Waals surface area contributed by atoms with Crippen molar-refractivity contribution in [1.29, 1.82) is 0 Å². The van der Waals surface area contributed by atoms with E-state index in [9.17, 15) is 14.7 Å². The van der Waals surface area contributed by atoms with Crippen LogP contribution in [0.2, 0.25) is 5.02 Å². The molecule has 1 aliphatic carbocycles. The van der Waals surface area contributed by atoms with Crippen LogP contribution in [0.5, 0.6) is 5.75 Å². The zero-order valence-corrected chi connectivity index (χ0v) is 23.8. The van der Waals surface area contributed by atoms with Gasteiger partial charge in [-0.05, 0) is 79.8 Å². The molecule has 1 amide bonds. The van der Waals surface area contributed by atoms with Crippen LogP contribution in [-0.2, 0) is 11.2 Å². The van der Waals surface area contributed by atoms with E-state index in [2.05, 4.69) is 10.3 Å². The Morgan fingerprint density at radius 1 is 1.05 bits per heavy atom. The van der Waals surface area contributed by atoms with Gasteiger partial charge in [0.15, 0.2) is 0 Å². The van der Waals surface area contributed by atoms with Crippen molar-refractivity contribution < 1.29 is 24.2 Å². The van der Waals surface area contributed by atoms with Gasteiger partial charge in [-0.15, -0.1) is 0 Å². The smallest absolute Gasteiger partial charge is 0.411 e. The monoisotopic (exact) mass is 583 g/mol. The molecule has 0 radical (unpaired) electrons. The second-order valence-corrected chi connectivity index (χ2v) is 11.0. The number of methoxy groups -OCH3 is 1. The number of nitrogens with one attached hydrogen (secondary N) is 2. The molecule has 1 unspecified atom stereocenters. The van der Waals surface area contributed by atoms with Gasteiger partial charge in [0.2, 0.25) is 0 Å². The summed E-state index contributed by atoms with van der Waals surface area (Å²) in [6, 6.07) is 20.2. The Kier molecular flexibility index (Phi) is 7.71. The second kappa shape index (κ2) is 11.7. The van der Waals surface area contributed by atoms with Gasteiger partial charge in [-0.1, -0.05) is 29.8 Å². The summed E-state index contributed by atoms with van der Waals surface area (Å²) in [5, 5.41) is 15.0. The number of pyridine rings is 1. The lowest BCUT2D eigenvalue weighted by Crippen LogP contribution is -2.20.